The van der Waals surface area contributed by atoms with E-state index in [0.717, 1.165) is 28.9 Å². The Hall–Kier alpha value is -2.01. The SMILES string of the molecule is CCn1c(C(N)C(=O)OC)cc2ccc(OC)cc21. The molecule has 2 rings (SSSR count). The third kappa shape index (κ3) is 2.29. The van der Waals surface area contributed by atoms with E-state index in [1.807, 2.05) is 35.8 Å². The number of nitrogens with two attached hydrogens (primary N) is 1. The Bertz CT molecular complexity index is 604. The number of esters is 1. The summed E-state index contributed by atoms with van der Waals surface area (Å²) in [7, 11) is 2.96. The van der Waals surface area contributed by atoms with Crippen LogP contribution in [0.4, 0.5) is 0 Å². The first-order valence-corrected chi connectivity index (χ1v) is 6.13. The topological polar surface area (TPSA) is 66.5 Å². The summed E-state index contributed by atoms with van der Waals surface area (Å²) in [4.78, 5) is 11.6. The maximum absolute atomic E-state index is 11.6. The van der Waals surface area contributed by atoms with Crippen molar-refractivity contribution in [3.63, 3.8) is 0 Å². The van der Waals surface area contributed by atoms with Crippen molar-refractivity contribution in [3.05, 3.63) is 30.0 Å². The molecule has 5 nitrogen and oxygen atoms in total. The number of carbonyl (C=O) groups excluding carboxylic acids is 1. The molecule has 0 saturated carbocycles. The molecule has 0 amide bonds. The van der Waals surface area contributed by atoms with E-state index in [2.05, 4.69) is 0 Å². The highest BCUT2D eigenvalue weighted by atomic mass is 16.5. The van der Waals surface area contributed by atoms with Gasteiger partial charge in [0, 0.05) is 23.7 Å². The standard InChI is InChI=1S/C14H18N2O3/c1-4-16-11-8-10(18-2)6-5-9(11)7-12(16)13(15)14(17)19-3/h5-8,13H,4,15H2,1-3H3. The number of aryl methyl sites for hydroxylation is 1. The number of nitrogens with zero attached hydrogens (tertiary/aromatic N) is 1. The predicted octanol–water partition coefficient (Wildman–Crippen LogP) is 1.84. The minimum atomic E-state index is -0.775. The number of hydrogen-bond acceptors (Lipinski definition) is 4. The second kappa shape index (κ2) is 5.32. The quantitative estimate of drug-likeness (QED) is 0.854. The molecule has 2 N–H and O–H groups in total. The monoisotopic (exact) mass is 262 g/mol. The lowest BCUT2D eigenvalue weighted by atomic mass is 10.2. The first-order chi connectivity index (χ1) is 9.12. The lowest BCUT2D eigenvalue weighted by molar-refractivity contribution is -0.142. The van der Waals surface area contributed by atoms with Gasteiger partial charge in [0.15, 0.2) is 0 Å². The molecule has 0 radical (unpaired) electrons. The van der Waals surface area contributed by atoms with Gasteiger partial charge in [0.25, 0.3) is 0 Å². The molecule has 0 aliphatic heterocycles. The first kappa shape index (κ1) is 13.4. The Balaban J connectivity index is 2.59. The van der Waals surface area contributed by atoms with Crippen molar-refractivity contribution < 1.29 is 14.3 Å². The molecule has 102 valence electrons. The molecular weight excluding hydrogens is 244 g/mol. The van der Waals surface area contributed by atoms with Crippen LogP contribution in [0, 0.1) is 0 Å². The molecule has 1 aromatic heterocycles. The fourth-order valence-electron chi connectivity index (χ4n) is 2.24. The van der Waals surface area contributed by atoms with Crippen LogP contribution in [0.15, 0.2) is 24.3 Å². The Kier molecular flexibility index (Phi) is 3.76. The Morgan fingerprint density at radius 1 is 1.37 bits per heavy atom. The van der Waals surface area contributed by atoms with Gasteiger partial charge in [-0.2, -0.15) is 0 Å². The third-order valence-electron chi connectivity index (χ3n) is 3.23. The molecule has 5 heteroatoms. The lowest BCUT2D eigenvalue weighted by Crippen LogP contribution is -2.25. The largest absolute Gasteiger partial charge is 0.497 e. The smallest absolute Gasteiger partial charge is 0.328 e. The molecule has 2 aromatic rings. The van der Waals surface area contributed by atoms with Crippen molar-refractivity contribution in [1.82, 2.24) is 4.57 Å². The Morgan fingerprint density at radius 2 is 2.11 bits per heavy atom. The van der Waals surface area contributed by atoms with Gasteiger partial charge in [-0.1, -0.05) is 0 Å². The molecule has 1 unspecified atom stereocenters. The van der Waals surface area contributed by atoms with Gasteiger partial charge in [0.05, 0.1) is 19.7 Å². The molecule has 1 atom stereocenters. The van der Waals surface area contributed by atoms with E-state index < -0.39 is 12.0 Å². The van der Waals surface area contributed by atoms with Crippen molar-refractivity contribution in [2.75, 3.05) is 14.2 Å². The number of fused-ring (bicyclic) bond motifs is 1. The number of rotatable bonds is 4. The molecule has 0 aliphatic carbocycles. The van der Waals surface area contributed by atoms with E-state index in [9.17, 15) is 4.79 Å². The van der Waals surface area contributed by atoms with Crippen LogP contribution in [-0.2, 0) is 16.1 Å². The molecule has 0 bridgehead atoms. The summed E-state index contributed by atoms with van der Waals surface area (Å²) in [6, 6.07) is 6.92. The summed E-state index contributed by atoms with van der Waals surface area (Å²) in [6.45, 7) is 2.73. The van der Waals surface area contributed by atoms with Gasteiger partial charge in [0.1, 0.15) is 11.8 Å². The van der Waals surface area contributed by atoms with Gasteiger partial charge >= 0.3 is 5.97 Å². The minimum absolute atomic E-state index is 0.440. The van der Waals surface area contributed by atoms with E-state index in [4.69, 9.17) is 15.2 Å². The second-order valence-corrected chi connectivity index (χ2v) is 4.24. The van der Waals surface area contributed by atoms with Crippen molar-refractivity contribution >= 4 is 16.9 Å². The van der Waals surface area contributed by atoms with E-state index in [1.165, 1.54) is 7.11 Å². The highest BCUT2D eigenvalue weighted by molar-refractivity contribution is 5.86. The molecule has 1 heterocycles. The number of ether oxygens (including phenoxy) is 2. The predicted molar refractivity (Wildman–Crippen MR) is 73.1 cm³/mol. The zero-order valence-electron chi connectivity index (χ0n) is 11.3. The summed E-state index contributed by atoms with van der Waals surface area (Å²) in [5.41, 5.74) is 7.68. The minimum Gasteiger partial charge on any atom is -0.497 e. The summed E-state index contributed by atoms with van der Waals surface area (Å²) in [5, 5.41) is 1.03. The van der Waals surface area contributed by atoms with Crippen LogP contribution in [0.3, 0.4) is 0 Å². The molecule has 0 aliphatic rings. The number of hydrogen-bond donors (Lipinski definition) is 1. The van der Waals surface area contributed by atoms with Gasteiger partial charge < -0.3 is 19.8 Å². The van der Waals surface area contributed by atoms with Crippen LogP contribution in [0.5, 0.6) is 5.75 Å². The van der Waals surface area contributed by atoms with Crippen LogP contribution in [0.2, 0.25) is 0 Å². The van der Waals surface area contributed by atoms with E-state index in [1.54, 1.807) is 7.11 Å². The first-order valence-electron chi connectivity index (χ1n) is 6.13. The van der Waals surface area contributed by atoms with Crippen LogP contribution in [0.25, 0.3) is 10.9 Å². The van der Waals surface area contributed by atoms with Crippen molar-refractivity contribution in [2.45, 2.75) is 19.5 Å². The van der Waals surface area contributed by atoms with Crippen molar-refractivity contribution in [2.24, 2.45) is 5.73 Å². The Morgan fingerprint density at radius 3 is 2.68 bits per heavy atom. The average Bonchev–Trinajstić information content (AvgIpc) is 2.82. The van der Waals surface area contributed by atoms with Crippen LogP contribution >= 0.6 is 0 Å². The van der Waals surface area contributed by atoms with Gasteiger partial charge in [-0.25, -0.2) is 4.79 Å². The second-order valence-electron chi connectivity index (χ2n) is 4.24. The summed E-state index contributed by atoms with van der Waals surface area (Å²) in [6.07, 6.45) is 0. The Labute approximate surface area is 111 Å². The highest BCUT2D eigenvalue weighted by Crippen LogP contribution is 2.27. The maximum atomic E-state index is 11.6. The summed E-state index contributed by atoms with van der Waals surface area (Å²) in [5.74, 6) is 0.336. The van der Waals surface area contributed by atoms with Gasteiger partial charge in [-0.15, -0.1) is 0 Å². The van der Waals surface area contributed by atoms with E-state index in [0.29, 0.717) is 0 Å². The number of carbonyl (C=O) groups is 1. The number of aromatic nitrogens is 1. The zero-order chi connectivity index (χ0) is 14.0. The molecular formula is C14H18N2O3. The van der Waals surface area contributed by atoms with Crippen molar-refractivity contribution in [3.8, 4) is 5.75 Å². The van der Waals surface area contributed by atoms with E-state index in [-0.39, 0.29) is 0 Å². The van der Waals surface area contributed by atoms with Crippen LogP contribution in [0.1, 0.15) is 18.7 Å². The zero-order valence-corrected chi connectivity index (χ0v) is 11.3. The number of benzene rings is 1. The molecule has 1 aromatic carbocycles. The third-order valence-corrected chi connectivity index (χ3v) is 3.23. The fourth-order valence-corrected chi connectivity index (χ4v) is 2.24. The van der Waals surface area contributed by atoms with E-state index >= 15 is 0 Å². The normalized spacial score (nSPS) is 12.4. The van der Waals surface area contributed by atoms with Crippen LogP contribution in [-0.4, -0.2) is 24.8 Å². The fraction of sp³-hybridized carbons (Fsp3) is 0.357. The lowest BCUT2D eigenvalue weighted by Gasteiger charge is -2.13. The molecule has 19 heavy (non-hydrogen) atoms. The maximum Gasteiger partial charge on any atom is 0.328 e. The van der Waals surface area contributed by atoms with Gasteiger partial charge in [-0.3, -0.25) is 0 Å². The molecule has 0 spiro atoms. The highest BCUT2D eigenvalue weighted by Gasteiger charge is 2.21. The number of methoxy groups -OCH3 is 2. The molecule has 0 fully saturated rings. The van der Waals surface area contributed by atoms with Crippen molar-refractivity contribution in [1.29, 1.82) is 0 Å². The summed E-state index contributed by atoms with van der Waals surface area (Å²) < 4.78 is 11.9. The summed E-state index contributed by atoms with van der Waals surface area (Å²) >= 11 is 0. The van der Waals surface area contributed by atoms with Gasteiger partial charge in [0.2, 0.25) is 0 Å². The average molecular weight is 262 g/mol. The van der Waals surface area contributed by atoms with Crippen LogP contribution < -0.4 is 10.5 Å². The van der Waals surface area contributed by atoms with Gasteiger partial charge in [-0.05, 0) is 25.1 Å². The molecule has 0 saturated heterocycles.